The number of rotatable bonds is 4. The monoisotopic (exact) mass is 319 g/mol. The summed E-state index contributed by atoms with van der Waals surface area (Å²) in [5.41, 5.74) is 0.837. The molecule has 2 aromatic rings. The zero-order chi connectivity index (χ0) is 16.1. The first kappa shape index (κ1) is 15.5. The number of para-hydroxylation sites is 2. The zero-order valence-corrected chi connectivity index (χ0v) is 12.4. The number of thiocarbonyl (C=S) groups is 1. The number of hydrogen-bond acceptors (Lipinski definition) is 5. The van der Waals surface area contributed by atoms with E-state index in [2.05, 4.69) is 10.6 Å². The number of anilines is 2. The number of non-ortho nitro benzene ring substituents is 1. The summed E-state index contributed by atoms with van der Waals surface area (Å²) < 4.78 is 5.11. The van der Waals surface area contributed by atoms with E-state index < -0.39 is 4.92 Å². The molecule has 114 valence electrons. The minimum Gasteiger partial charge on any atom is -0.506 e. The second kappa shape index (κ2) is 6.72. The molecule has 0 amide bonds. The highest BCUT2D eigenvalue weighted by Crippen LogP contribution is 2.29. The summed E-state index contributed by atoms with van der Waals surface area (Å²) in [5.74, 6) is 0.345. The molecule has 8 heteroatoms. The molecular weight excluding hydrogens is 306 g/mol. The highest BCUT2D eigenvalue weighted by Gasteiger charge is 2.12. The van der Waals surface area contributed by atoms with Crippen LogP contribution in [0.1, 0.15) is 0 Å². The Morgan fingerprint density at radius 1 is 1.23 bits per heavy atom. The van der Waals surface area contributed by atoms with Crippen LogP contribution in [0, 0.1) is 10.1 Å². The Morgan fingerprint density at radius 3 is 2.55 bits per heavy atom. The van der Waals surface area contributed by atoms with Crippen LogP contribution in [0.5, 0.6) is 11.5 Å². The van der Waals surface area contributed by atoms with Crippen LogP contribution in [-0.4, -0.2) is 22.3 Å². The minimum atomic E-state index is -0.509. The first-order valence-corrected chi connectivity index (χ1v) is 6.60. The molecule has 2 rings (SSSR count). The average molecular weight is 319 g/mol. The Bertz CT molecular complexity index is 721. The topological polar surface area (TPSA) is 96.7 Å². The third-order valence-electron chi connectivity index (χ3n) is 2.80. The number of aromatic hydroxyl groups is 1. The van der Waals surface area contributed by atoms with Crippen molar-refractivity contribution in [2.24, 2.45) is 0 Å². The Balaban J connectivity index is 2.15. The molecule has 2 aromatic carbocycles. The number of methoxy groups -OCH3 is 1. The van der Waals surface area contributed by atoms with E-state index >= 15 is 0 Å². The summed E-state index contributed by atoms with van der Waals surface area (Å²) in [5, 5.41) is 26.3. The lowest BCUT2D eigenvalue weighted by Gasteiger charge is -2.13. The van der Waals surface area contributed by atoms with Gasteiger partial charge >= 0.3 is 0 Å². The lowest BCUT2D eigenvalue weighted by atomic mass is 10.2. The van der Waals surface area contributed by atoms with Crippen LogP contribution < -0.4 is 15.4 Å². The van der Waals surface area contributed by atoms with Gasteiger partial charge in [-0.1, -0.05) is 12.1 Å². The molecular formula is C14H13N3O4S. The molecule has 0 aliphatic rings. The number of ether oxygens (including phenoxy) is 1. The summed E-state index contributed by atoms with van der Waals surface area (Å²) in [6.07, 6.45) is 0. The number of nitro benzene ring substituents is 1. The molecule has 0 atom stereocenters. The van der Waals surface area contributed by atoms with Gasteiger partial charge in [0.1, 0.15) is 11.5 Å². The molecule has 0 aromatic heterocycles. The Hall–Kier alpha value is -2.87. The van der Waals surface area contributed by atoms with Gasteiger partial charge in [-0.05, 0) is 30.4 Å². The Labute approximate surface area is 131 Å². The lowest BCUT2D eigenvalue weighted by Crippen LogP contribution is -2.19. The summed E-state index contributed by atoms with van der Waals surface area (Å²) >= 11 is 5.15. The maximum atomic E-state index is 10.7. The maximum absolute atomic E-state index is 10.7. The van der Waals surface area contributed by atoms with Crippen molar-refractivity contribution >= 4 is 34.4 Å². The summed E-state index contributed by atoms with van der Waals surface area (Å²) in [6.45, 7) is 0. The van der Waals surface area contributed by atoms with E-state index in [9.17, 15) is 15.2 Å². The number of phenolic OH excluding ortho intramolecular Hbond substituents is 1. The first-order valence-electron chi connectivity index (χ1n) is 6.19. The van der Waals surface area contributed by atoms with Crippen LogP contribution in [0.3, 0.4) is 0 Å². The van der Waals surface area contributed by atoms with Crippen molar-refractivity contribution in [3.8, 4) is 11.5 Å². The maximum Gasteiger partial charge on any atom is 0.273 e. The van der Waals surface area contributed by atoms with E-state index in [0.717, 1.165) is 0 Å². The molecule has 0 fully saturated rings. The largest absolute Gasteiger partial charge is 0.506 e. The molecule has 3 N–H and O–H groups in total. The molecule has 0 spiro atoms. The van der Waals surface area contributed by atoms with Crippen molar-refractivity contribution in [1.82, 2.24) is 0 Å². The quantitative estimate of drug-likeness (QED) is 0.345. The number of benzene rings is 2. The molecule has 0 aliphatic carbocycles. The van der Waals surface area contributed by atoms with Gasteiger partial charge in [0.2, 0.25) is 0 Å². The van der Waals surface area contributed by atoms with E-state index in [1.807, 2.05) is 0 Å². The van der Waals surface area contributed by atoms with Crippen molar-refractivity contribution in [2.45, 2.75) is 0 Å². The zero-order valence-electron chi connectivity index (χ0n) is 11.6. The van der Waals surface area contributed by atoms with Crippen LogP contribution in [0.2, 0.25) is 0 Å². The van der Waals surface area contributed by atoms with Gasteiger partial charge in [-0.15, -0.1) is 0 Å². The third kappa shape index (κ3) is 3.61. The molecule has 0 aliphatic heterocycles. The molecule has 0 saturated carbocycles. The molecule has 7 nitrogen and oxygen atoms in total. The van der Waals surface area contributed by atoms with Gasteiger partial charge in [0.15, 0.2) is 5.11 Å². The Morgan fingerprint density at radius 2 is 1.91 bits per heavy atom. The number of nitrogens with zero attached hydrogens (tertiary/aromatic N) is 1. The van der Waals surface area contributed by atoms with E-state index in [1.54, 1.807) is 18.2 Å². The second-order valence-corrected chi connectivity index (χ2v) is 4.65. The van der Waals surface area contributed by atoms with Crippen LogP contribution in [0.4, 0.5) is 17.1 Å². The third-order valence-corrected chi connectivity index (χ3v) is 3.00. The molecule has 0 unspecified atom stereocenters. The smallest absolute Gasteiger partial charge is 0.273 e. The summed E-state index contributed by atoms with van der Waals surface area (Å²) in [7, 11) is 1.41. The van der Waals surface area contributed by atoms with Gasteiger partial charge < -0.3 is 20.5 Å². The van der Waals surface area contributed by atoms with Gasteiger partial charge in [0.25, 0.3) is 5.69 Å². The number of phenols is 1. The van der Waals surface area contributed by atoms with Gasteiger partial charge in [-0.2, -0.15) is 0 Å². The molecule has 22 heavy (non-hydrogen) atoms. The van der Waals surface area contributed by atoms with E-state index in [-0.39, 0.29) is 22.3 Å². The van der Waals surface area contributed by atoms with Gasteiger partial charge in [0.05, 0.1) is 29.5 Å². The Kier molecular flexibility index (Phi) is 4.74. The first-order chi connectivity index (χ1) is 10.5. The molecule has 0 saturated heterocycles. The van der Waals surface area contributed by atoms with Crippen LogP contribution in [0.15, 0.2) is 42.5 Å². The standard InChI is InChI=1S/C14H13N3O4S/c1-21-13-8-9(17(19)20)6-7-11(13)16-14(22)15-10-4-2-3-5-12(10)18/h2-8,18H,1H3,(H2,15,16,22). The van der Waals surface area contributed by atoms with Crippen LogP contribution in [-0.2, 0) is 0 Å². The average Bonchev–Trinajstić information content (AvgIpc) is 2.49. The predicted octanol–water partition coefficient (Wildman–Crippen LogP) is 3.12. The van der Waals surface area contributed by atoms with E-state index in [0.29, 0.717) is 11.4 Å². The van der Waals surface area contributed by atoms with Crippen LogP contribution in [0.25, 0.3) is 0 Å². The van der Waals surface area contributed by atoms with Crippen molar-refractivity contribution in [3.63, 3.8) is 0 Å². The van der Waals surface area contributed by atoms with E-state index in [4.69, 9.17) is 17.0 Å². The van der Waals surface area contributed by atoms with Crippen molar-refractivity contribution in [1.29, 1.82) is 0 Å². The van der Waals surface area contributed by atoms with Crippen molar-refractivity contribution in [3.05, 3.63) is 52.6 Å². The molecule has 0 bridgehead atoms. The second-order valence-electron chi connectivity index (χ2n) is 4.24. The summed E-state index contributed by atoms with van der Waals surface area (Å²) in [6, 6.07) is 10.8. The molecule has 0 radical (unpaired) electrons. The van der Waals surface area contributed by atoms with Gasteiger partial charge in [-0.3, -0.25) is 10.1 Å². The fourth-order valence-corrected chi connectivity index (χ4v) is 1.97. The van der Waals surface area contributed by atoms with Gasteiger partial charge in [-0.25, -0.2) is 0 Å². The normalized spacial score (nSPS) is 9.86. The minimum absolute atomic E-state index is 0.0577. The molecule has 0 heterocycles. The SMILES string of the molecule is COc1cc([N+](=O)[O-])ccc1NC(=S)Nc1ccccc1O. The van der Waals surface area contributed by atoms with Crippen molar-refractivity contribution in [2.75, 3.05) is 17.7 Å². The predicted molar refractivity (Wildman–Crippen MR) is 87.6 cm³/mol. The van der Waals surface area contributed by atoms with Gasteiger partial charge in [0, 0.05) is 6.07 Å². The fraction of sp³-hybridized carbons (Fsp3) is 0.0714. The van der Waals surface area contributed by atoms with Crippen molar-refractivity contribution < 1.29 is 14.8 Å². The fourth-order valence-electron chi connectivity index (χ4n) is 1.75. The lowest BCUT2D eigenvalue weighted by molar-refractivity contribution is -0.384. The van der Waals surface area contributed by atoms with E-state index in [1.165, 1.54) is 31.4 Å². The number of nitro groups is 1. The highest BCUT2D eigenvalue weighted by molar-refractivity contribution is 7.80. The highest BCUT2D eigenvalue weighted by atomic mass is 32.1. The summed E-state index contributed by atoms with van der Waals surface area (Å²) in [4.78, 5) is 10.2. The number of hydrogen-bond donors (Lipinski definition) is 3. The van der Waals surface area contributed by atoms with Crippen LogP contribution >= 0.6 is 12.2 Å². The number of nitrogens with one attached hydrogen (secondary N) is 2.